The summed E-state index contributed by atoms with van der Waals surface area (Å²) in [6.45, 7) is 7.52. The number of amides is 1. The summed E-state index contributed by atoms with van der Waals surface area (Å²) in [5.41, 5.74) is 3.03. The van der Waals surface area contributed by atoms with Gasteiger partial charge in [-0.05, 0) is 37.1 Å². The molecule has 1 aromatic carbocycles. The largest absolute Gasteiger partial charge is 0.483 e. The first kappa shape index (κ1) is 20.7. The van der Waals surface area contributed by atoms with Crippen molar-refractivity contribution in [2.75, 3.05) is 18.1 Å². The molecule has 0 bridgehead atoms. The van der Waals surface area contributed by atoms with Crippen LogP contribution in [0, 0.1) is 0 Å². The van der Waals surface area contributed by atoms with Gasteiger partial charge in [0.1, 0.15) is 17.6 Å². The first-order chi connectivity index (χ1) is 13.8. The summed E-state index contributed by atoms with van der Waals surface area (Å²) < 4.78 is 11.5. The Morgan fingerprint density at radius 3 is 2.83 bits per heavy atom. The van der Waals surface area contributed by atoms with Crippen LogP contribution in [0.15, 0.2) is 37.0 Å². The Balaban J connectivity index is 1.81. The van der Waals surface area contributed by atoms with Gasteiger partial charge in [-0.1, -0.05) is 24.2 Å². The Hall–Kier alpha value is -3.06. The molecule has 152 valence electrons. The molecule has 1 aromatic heterocycles. The number of ether oxygens (including phenoxy) is 2. The van der Waals surface area contributed by atoms with Gasteiger partial charge in [0.15, 0.2) is 6.61 Å². The number of carboxylic acid groups (broad SMARTS) is 1. The fourth-order valence-corrected chi connectivity index (χ4v) is 3.10. The van der Waals surface area contributed by atoms with E-state index in [2.05, 4.69) is 11.6 Å². The highest BCUT2D eigenvalue weighted by Gasteiger charge is 2.28. The molecule has 0 radical (unpaired) electrons. The molecular formula is C21H21ClN2O5. The quantitative estimate of drug-likeness (QED) is 0.730. The van der Waals surface area contributed by atoms with E-state index in [0.717, 1.165) is 16.8 Å². The number of halogens is 1. The number of aliphatic carboxylic acids is 1. The SMILES string of the molecule is C=C(C)c1ccc([C@@H](C)Oc2cc3c(cc2Cl)N(CCC(=O)O)C(=O)CO3)nc1. The lowest BCUT2D eigenvalue weighted by Gasteiger charge is -2.30. The van der Waals surface area contributed by atoms with Crippen molar-refractivity contribution < 1.29 is 24.2 Å². The summed E-state index contributed by atoms with van der Waals surface area (Å²) in [5.74, 6) is -0.516. The number of hydrogen-bond acceptors (Lipinski definition) is 5. The molecular weight excluding hydrogens is 396 g/mol. The maximum absolute atomic E-state index is 12.1. The minimum atomic E-state index is -0.990. The molecule has 0 unspecified atom stereocenters. The van der Waals surface area contributed by atoms with E-state index in [0.29, 0.717) is 17.2 Å². The number of anilines is 1. The van der Waals surface area contributed by atoms with E-state index in [1.807, 2.05) is 26.0 Å². The van der Waals surface area contributed by atoms with Gasteiger partial charge in [0, 0.05) is 18.8 Å². The lowest BCUT2D eigenvalue weighted by Crippen LogP contribution is -2.40. The molecule has 7 nitrogen and oxygen atoms in total. The fourth-order valence-electron chi connectivity index (χ4n) is 2.89. The van der Waals surface area contributed by atoms with Gasteiger partial charge in [-0.15, -0.1) is 0 Å². The average Bonchev–Trinajstić information content (AvgIpc) is 2.68. The number of hydrogen-bond donors (Lipinski definition) is 1. The zero-order chi connectivity index (χ0) is 21.1. The maximum atomic E-state index is 12.1. The molecule has 8 heteroatoms. The van der Waals surface area contributed by atoms with E-state index in [1.165, 1.54) is 4.90 Å². The number of fused-ring (bicyclic) bond motifs is 1. The van der Waals surface area contributed by atoms with Crippen LogP contribution in [-0.4, -0.2) is 35.1 Å². The summed E-state index contributed by atoms with van der Waals surface area (Å²) >= 11 is 6.37. The van der Waals surface area contributed by atoms with E-state index in [-0.39, 0.29) is 36.6 Å². The number of carboxylic acids is 1. The molecule has 0 aliphatic carbocycles. The predicted octanol–water partition coefficient (Wildman–Crippen LogP) is 4.11. The normalized spacial score (nSPS) is 14.0. The van der Waals surface area contributed by atoms with Crippen LogP contribution in [0.3, 0.4) is 0 Å². The van der Waals surface area contributed by atoms with E-state index >= 15 is 0 Å². The Morgan fingerprint density at radius 2 is 2.21 bits per heavy atom. The van der Waals surface area contributed by atoms with Gasteiger partial charge in [-0.2, -0.15) is 0 Å². The molecule has 1 amide bonds. The lowest BCUT2D eigenvalue weighted by molar-refractivity contribution is -0.136. The predicted molar refractivity (Wildman–Crippen MR) is 110 cm³/mol. The second kappa shape index (κ2) is 8.53. The zero-order valence-electron chi connectivity index (χ0n) is 16.1. The highest BCUT2D eigenvalue weighted by atomic mass is 35.5. The van der Waals surface area contributed by atoms with Crippen molar-refractivity contribution in [2.24, 2.45) is 0 Å². The Bertz CT molecular complexity index is 958. The van der Waals surface area contributed by atoms with Gasteiger partial charge < -0.3 is 19.5 Å². The van der Waals surface area contributed by atoms with Crippen LogP contribution in [0.25, 0.3) is 5.57 Å². The Morgan fingerprint density at radius 1 is 1.45 bits per heavy atom. The number of allylic oxidation sites excluding steroid dienone is 1. The third-order valence-corrected chi connectivity index (χ3v) is 4.80. The molecule has 1 N–H and O–H groups in total. The van der Waals surface area contributed by atoms with Gasteiger partial charge >= 0.3 is 5.97 Å². The van der Waals surface area contributed by atoms with Gasteiger partial charge in [0.05, 0.1) is 22.8 Å². The van der Waals surface area contributed by atoms with Crippen molar-refractivity contribution in [3.8, 4) is 11.5 Å². The molecule has 0 spiro atoms. The fraction of sp³-hybridized carbons (Fsp3) is 0.286. The molecule has 3 rings (SSSR count). The molecule has 2 aromatic rings. The highest BCUT2D eigenvalue weighted by Crippen LogP contribution is 2.41. The number of benzene rings is 1. The first-order valence-corrected chi connectivity index (χ1v) is 9.41. The van der Waals surface area contributed by atoms with Crippen molar-refractivity contribution in [2.45, 2.75) is 26.4 Å². The lowest BCUT2D eigenvalue weighted by atomic mass is 10.1. The van der Waals surface area contributed by atoms with Gasteiger partial charge in [0.25, 0.3) is 5.91 Å². The van der Waals surface area contributed by atoms with Crippen molar-refractivity contribution in [3.63, 3.8) is 0 Å². The molecule has 1 atom stereocenters. The Labute approximate surface area is 173 Å². The summed E-state index contributed by atoms with van der Waals surface area (Å²) in [7, 11) is 0. The van der Waals surface area contributed by atoms with E-state index < -0.39 is 5.97 Å². The van der Waals surface area contributed by atoms with Gasteiger partial charge in [-0.3, -0.25) is 14.6 Å². The van der Waals surface area contributed by atoms with Crippen LogP contribution in [0.1, 0.15) is 37.6 Å². The first-order valence-electron chi connectivity index (χ1n) is 9.03. The van der Waals surface area contributed by atoms with Crippen molar-refractivity contribution in [1.82, 2.24) is 4.98 Å². The van der Waals surface area contributed by atoms with Crippen molar-refractivity contribution in [3.05, 3.63) is 53.3 Å². The number of carbonyl (C=O) groups excluding carboxylic acids is 1. The van der Waals surface area contributed by atoms with Gasteiger partial charge in [0.2, 0.25) is 0 Å². The minimum absolute atomic E-state index is 0.0381. The minimum Gasteiger partial charge on any atom is -0.483 e. The summed E-state index contributed by atoms with van der Waals surface area (Å²) in [4.78, 5) is 28.8. The number of aromatic nitrogens is 1. The number of rotatable bonds is 7. The summed E-state index contributed by atoms with van der Waals surface area (Å²) in [6.07, 6.45) is 1.18. The highest BCUT2D eigenvalue weighted by molar-refractivity contribution is 6.32. The van der Waals surface area contributed by atoms with Crippen molar-refractivity contribution >= 4 is 34.7 Å². The molecule has 0 fully saturated rings. The van der Waals surface area contributed by atoms with E-state index in [1.54, 1.807) is 18.3 Å². The molecule has 2 heterocycles. The molecule has 29 heavy (non-hydrogen) atoms. The average molecular weight is 417 g/mol. The second-order valence-electron chi connectivity index (χ2n) is 6.74. The van der Waals surface area contributed by atoms with E-state index in [4.69, 9.17) is 26.2 Å². The summed E-state index contributed by atoms with van der Waals surface area (Å²) in [6, 6.07) is 6.95. The van der Waals surface area contributed by atoms with Crippen LogP contribution >= 0.6 is 11.6 Å². The standard InChI is InChI=1S/C21H21ClN2O5/c1-12(2)14-4-5-16(23-10-14)13(3)29-18-9-19-17(8-15(18)22)24(7-6-21(26)27)20(25)11-28-19/h4-5,8-10,13H,1,6-7,11H2,2-3H3,(H,26,27)/t13-/m1/s1. The Kier molecular flexibility index (Phi) is 6.08. The smallest absolute Gasteiger partial charge is 0.305 e. The monoisotopic (exact) mass is 416 g/mol. The maximum Gasteiger partial charge on any atom is 0.305 e. The number of nitrogens with zero attached hydrogens (tertiary/aromatic N) is 2. The number of pyridine rings is 1. The van der Waals surface area contributed by atoms with Crippen LogP contribution in [0.5, 0.6) is 11.5 Å². The second-order valence-corrected chi connectivity index (χ2v) is 7.15. The van der Waals surface area contributed by atoms with Crippen LogP contribution < -0.4 is 14.4 Å². The molecule has 0 saturated carbocycles. The van der Waals surface area contributed by atoms with Crippen molar-refractivity contribution in [1.29, 1.82) is 0 Å². The third-order valence-electron chi connectivity index (χ3n) is 4.51. The molecule has 1 aliphatic rings. The zero-order valence-corrected chi connectivity index (χ0v) is 16.9. The van der Waals surface area contributed by atoms with Crippen LogP contribution in [-0.2, 0) is 9.59 Å². The van der Waals surface area contributed by atoms with E-state index in [9.17, 15) is 9.59 Å². The number of carbonyl (C=O) groups is 2. The topological polar surface area (TPSA) is 89.0 Å². The summed E-state index contributed by atoms with van der Waals surface area (Å²) in [5, 5.41) is 9.19. The van der Waals surface area contributed by atoms with Crippen LogP contribution in [0.4, 0.5) is 5.69 Å². The molecule has 1 aliphatic heterocycles. The molecule has 0 saturated heterocycles. The van der Waals surface area contributed by atoms with Crippen LogP contribution in [0.2, 0.25) is 5.02 Å². The third kappa shape index (κ3) is 4.68. The van der Waals surface area contributed by atoms with Gasteiger partial charge in [-0.25, -0.2) is 0 Å².